The van der Waals surface area contributed by atoms with E-state index in [2.05, 4.69) is 26.8 Å². The van der Waals surface area contributed by atoms with Crippen LogP contribution in [0.4, 0.5) is 0 Å². The summed E-state index contributed by atoms with van der Waals surface area (Å²) in [6.07, 6.45) is 16.2. The lowest BCUT2D eigenvalue weighted by atomic mass is 10.1. The van der Waals surface area contributed by atoms with Crippen LogP contribution in [0.2, 0.25) is 0 Å². The zero-order valence-corrected chi connectivity index (χ0v) is 11.1. The average Bonchev–Trinajstić information content (AvgIpc) is 2.24. The number of hydrogen-bond donors (Lipinski definition) is 0. The number of allylic oxidation sites excluding steroid dienone is 2. The number of unbranched alkanes of at least 4 members (excludes halogenated alkanes) is 7. The molecule has 0 atom stereocenters. The van der Waals surface area contributed by atoms with Crippen molar-refractivity contribution in [1.29, 1.82) is 0 Å². The van der Waals surface area contributed by atoms with Gasteiger partial charge in [0.2, 0.25) is 0 Å². The second-order valence-electron chi connectivity index (χ2n) is 4.71. The fraction of sp³-hybridized carbons (Fsp3) is 0.867. The van der Waals surface area contributed by atoms with E-state index >= 15 is 0 Å². The molecule has 90 valence electrons. The number of rotatable bonds is 10. The third-order valence-corrected chi connectivity index (χ3v) is 2.98. The lowest BCUT2D eigenvalue weighted by Crippen LogP contribution is -1.81. The van der Waals surface area contributed by atoms with Crippen molar-refractivity contribution in [3.05, 3.63) is 11.6 Å². The summed E-state index contributed by atoms with van der Waals surface area (Å²) in [7, 11) is 0. The zero-order valence-electron chi connectivity index (χ0n) is 11.1. The van der Waals surface area contributed by atoms with Crippen LogP contribution in [0.3, 0.4) is 0 Å². The van der Waals surface area contributed by atoms with E-state index in [1.807, 2.05) is 0 Å². The first kappa shape index (κ1) is 14.7. The van der Waals surface area contributed by atoms with E-state index in [1.54, 1.807) is 5.57 Å². The second-order valence-corrected chi connectivity index (χ2v) is 4.71. The fourth-order valence-electron chi connectivity index (χ4n) is 1.85. The summed E-state index contributed by atoms with van der Waals surface area (Å²) in [4.78, 5) is 0. The van der Waals surface area contributed by atoms with Crippen LogP contribution in [-0.4, -0.2) is 0 Å². The molecule has 0 aliphatic heterocycles. The van der Waals surface area contributed by atoms with Crippen LogP contribution in [0.5, 0.6) is 0 Å². The topological polar surface area (TPSA) is 0 Å². The maximum atomic E-state index is 2.45. The van der Waals surface area contributed by atoms with E-state index in [4.69, 9.17) is 0 Å². The molecule has 0 aromatic carbocycles. The smallest absolute Gasteiger partial charge is 0.0323 e. The normalized spacial score (nSPS) is 12.1. The second kappa shape index (κ2) is 11.8. The summed E-state index contributed by atoms with van der Waals surface area (Å²) >= 11 is 0. The van der Waals surface area contributed by atoms with Gasteiger partial charge in [0.15, 0.2) is 0 Å². The molecule has 0 heteroatoms. The Bertz CT molecular complexity index is 144. The summed E-state index contributed by atoms with van der Waals surface area (Å²) in [5.41, 5.74) is 1.61. The monoisotopic (exact) mass is 210 g/mol. The molecule has 0 saturated heterocycles. The Morgan fingerprint density at radius 3 is 2.07 bits per heavy atom. The Kier molecular flexibility index (Phi) is 11.6. The molecule has 0 aromatic rings. The van der Waals surface area contributed by atoms with Crippen LogP contribution in [0.1, 0.15) is 85.0 Å². The SMILES string of the molecule is CCCCC/C=C(/C)CCCCCCC. The molecule has 0 fully saturated rings. The maximum Gasteiger partial charge on any atom is -0.0323 e. The van der Waals surface area contributed by atoms with Gasteiger partial charge in [-0.2, -0.15) is 0 Å². The van der Waals surface area contributed by atoms with Crippen LogP contribution < -0.4 is 0 Å². The van der Waals surface area contributed by atoms with Crippen molar-refractivity contribution < 1.29 is 0 Å². The van der Waals surface area contributed by atoms with Gasteiger partial charge in [-0.15, -0.1) is 0 Å². The Hall–Kier alpha value is -0.260. The highest BCUT2D eigenvalue weighted by molar-refractivity contribution is 4.97. The van der Waals surface area contributed by atoms with Crippen LogP contribution >= 0.6 is 0 Å². The van der Waals surface area contributed by atoms with Crippen molar-refractivity contribution in [3.63, 3.8) is 0 Å². The predicted molar refractivity (Wildman–Crippen MR) is 71.3 cm³/mol. The Morgan fingerprint density at radius 2 is 1.40 bits per heavy atom. The van der Waals surface area contributed by atoms with Gasteiger partial charge in [-0.05, 0) is 32.6 Å². The largest absolute Gasteiger partial charge is 0.0856 e. The highest BCUT2D eigenvalue weighted by Gasteiger charge is 1.92. The molecule has 0 bridgehead atoms. The van der Waals surface area contributed by atoms with Crippen molar-refractivity contribution in [2.75, 3.05) is 0 Å². The summed E-state index contributed by atoms with van der Waals surface area (Å²) in [6.45, 7) is 6.84. The molecule has 0 aliphatic carbocycles. The van der Waals surface area contributed by atoms with Crippen molar-refractivity contribution >= 4 is 0 Å². The fourth-order valence-corrected chi connectivity index (χ4v) is 1.85. The van der Waals surface area contributed by atoms with Gasteiger partial charge >= 0.3 is 0 Å². The van der Waals surface area contributed by atoms with E-state index in [0.29, 0.717) is 0 Å². The summed E-state index contributed by atoms with van der Waals surface area (Å²) < 4.78 is 0. The van der Waals surface area contributed by atoms with E-state index in [-0.39, 0.29) is 0 Å². The first-order valence-corrected chi connectivity index (χ1v) is 6.96. The molecule has 0 unspecified atom stereocenters. The van der Waals surface area contributed by atoms with Crippen molar-refractivity contribution in [1.82, 2.24) is 0 Å². The maximum absolute atomic E-state index is 2.45. The minimum absolute atomic E-state index is 1.30. The molecule has 0 aliphatic rings. The van der Waals surface area contributed by atoms with Gasteiger partial charge in [-0.3, -0.25) is 0 Å². The standard InChI is InChI=1S/C15H30/c1-4-6-8-10-12-14-15(3)13-11-9-7-5-2/h13H,4-12,14H2,1-3H3/b15-13-. The highest BCUT2D eigenvalue weighted by atomic mass is 14.0. The van der Waals surface area contributed by atoms with Crippen molar-refractivity contribution in [2.45, 2.75) is 85.0 Å². The first-order chi connectivity index (χ1) is 7.31. The van der Waals surface area contributed by atoms with E-state index in [0.717, 1.165) is 0 Å². The van der Waals surface area contributed by atoms with E-state index in [9.17, 15) is 0 Å². The molecule has 0 amide bonds. The first-order valence-electron chi connectivity index (χ1n) is 6.96. The third-order valence-electron chi connectivity index (χ3n) is 2.98. The molecule has 0 rings (SSSR count). The van der Waals surface area contributed by atoms with Crippen molar-refractivity contribution in [2.24, 2.45) is 0 Å². The molecule has 0 saturated carbocycles. The van der Waals surface area contributed by atoms with Crippen LogP contribution in [0, 0.1) is 0 Å². The van der Waals surface area contributed by atoms with Gasteiger partial charge in [-0.25, -0.2) is 0 Å². The molecule has 0 heterocycles. The van der Waals surface area contributed by atoms with Gasteiger partial charge in [0.1, 0.15) is 0 Å². The summed E-state index contributed by atoms with van der Waals surface area (Å²) in [5, 5.41) is 0. The minimum atomic E-state index is 1.30. The van der Waals surface area contributed by atoms with Gasteiger partial charge in [0.25, 0.3) is 0 Å². The molecule has 0 radical (unpaired) electrons. The minimum Gasteiger partial charge on any atom is -0.0856 e. The van der Waals surface area contributed by atoms with Gasteiger partial charge in [0.05, 0.1) is 0 Å². The highest BCUT2D eigenvalue weighted by Crippen LogP contribution is 2.12. The van der Waals surface area contributed by atoms with E-state index < -0.39 is 0 Å². The summed E-state index contributed by atoms with van der Waals surface area (Å²) in [6, 6.07) is 0. The quantitative estimate of drug-likeness (QED) is 0.312. The van der Waals surface area contributed by atoms with Gasteiger partial charge in [0, 0.05) is 0 Å². The molecule has 0 N–H and O–H groups in total. The average molecular weight is 210 g/mol. The summed E-state index contributed by atoms with van der Waals surface area (Å²) in [5.74, 6) is 0. The van der Waals surface area contributed by atoms with Crippen LogP contribution in [-0.2, 0) is 0 Å². The molecular formula is C15H30. The molecular weight excluding hydrogens is 180 g/mol. The Labute approximate surface area is 97.2 Å². The van der Waals surface area contributed by atoms with Gasteiger partial charge in [-0.1, -0.05) is 64.0 Å². The Morgan fingerprint density at radius 1 is 0.800 bits per heavy atom. The van der Waals surface area contributed by atoms with Crippen LogP contribution in [0.25, 0.3) is 0 Å². The van der Waals surface area contributed by atoms with E-state index in [1.165, 1.54) is 64.2 Å². The van der Waals surface area contributed by atoms with Crippen molar-refractivity contribution in [3.8, 4) is 0 Å². The predicted octanol–water partition coefficient (Wildman–Crippen LogP) is 5.87. The zero-order chi connectivity index (χ0) is 11.4. The number of hydrogen-bond acceptors (Lipinski definition) is 0. The lowest BCUT2D eigenvalue weighted by Gasteiger charge is -2.02. The van der Waals surface area contributed by atoms with Gasteiger partial charge < -0.3 is 0 Å². The molecule has 15 heavy (non-hydrogen) atoms. The molecule has 0 aromatic heterocycles. The van der Waals surface area contributed by atoms with Crippen LogP contribution in [0.15, 0.2) is 11.6 Å². The lowest BCUT2D eigenvalue weighted by molar-refractivity contribution is 0.629. The Balaban J connectivity index is 3.26. The molecule has 0 spiro atoms. The third kappa shape index (κ3) is 11.7. The molecule has 0 nitrogen and oxygen atoms in total.